The molecule has 3 aliphatic rings. The summed E-state index contributed by atoms with van der Waals surface area (Å²) in [5, 5.41) is 6.76. The fourth-order valence-corrected chi connectivity index (χ4v) is 4.52. The van der Waals surface area contributed by atoms with Crippen molar-refractivity contribution >= 4 is 23.3 Å². The normalized spacial score (nSPS) is 30.7. The molecular weight excluding hydrogens is 310 g/mol. The quantitative estimate of drug-likeness (QED) is 0.877. The zero-order chi connectivity index (χ0) is 15.8. The number of carbonyl (C=O) groups is 1. The molecule has 2 heterocycles. The van der Waals surface area contributed by atoms with E-state index in [1.807, 2.05) is 12.1 Å². The number of nitrogens with zero attached hydrogens (tertiary/aromatic N) is 1. The molecule has 4 rings (SSSR count). The number of hydrogen-bond donors (Lipinski definition) is 2. The molecule has 0 unspecified atom stereocenters. The van der Waals surface area contributed by atoms with Crippen molar-refractivity contribution in [3.05, 3.63) is 29.3 Å². The van der Waals surface area contributed by atoms with Crippen LogP contribution in [-0.2, 0) is 0 Å². The first kappa shape index (κ1) is 15.3. The van der Waals surface area contributed by atoms with Crippen molar-refractivity contribution in [1.29, 1.82) is 0 Å². The van der Waals surface area contributed by atoms with Crippen LogP contribution < -0.4 is 10.6 Å². The third-order valence-corrected chi connectivity index (χ3v) is 5.69. The van der Waals surface area contributed by atoms with Crippen LogP contribution in [0.5, 0.6) is 0 Å². The molecule has 5 heteroatoms. The maximum atomic E-state index is 12.2. The Morgan fingerprint density at radius 1 is 1.00 bits per heavy atom. The predicted octanol–water partition coefficient (Wildman–Crippen LogP) is 4.01. The molecule has 2 N–H and O–H groups in total. The van der Waals surface area contributed by atoms with Gasteiger partial charge in [-0.3, -0.25) is 4.90 Å². The Morgan fingerprint density at radius 3 is 2.26 bits per heavy atom. The summed E-state index contributed by atoms with van der Waals surface area (Å²) in [4.78, 5) is 15.0. The Hall–Kier alpha value is -1.26. The Labute approximate surface area is 142 Å². The number of benzene rings is 1. The highest BCUT2D eigenvalue weighted by Gasteiger charge is 2.45. The van der Waals surface area contributed by atoms with Crippen molar-refractivity contribution in [2.75, 3.05) is 5.32 Å². The van der Waals surface area contributed by atoms with Gasteiger partial charge >= 0.3 is 6.03 Å². The largest absolute Gasteiger partial charge is 0.335 e. The van der Waals surface area contributed by atoms with E-state index in [9.17, 15) is 4.79 Å². The molecule has 1 aliphatic carbocycles. The molecule has 23 heavy (non-hydrogen) atoms. The van der Waals surface area contributed by atoms with E-state index in [1.165, 1.54) is 32.1 Å². The lowest BCUT2D eigenvalue weighted by Gasteiger charge is -2.49. The molecule has 0 aromatic heterocycles. The summed E-state index contributed by atoms with van der Waals surface area (Å²) in [7, 11) is 0. The minimum atomic E-state index is -0.102. The first-order valence-corrected chi connectivity index (χ1v) is 9.17. The summed E-state index contributed by atoms with van der Waals surface area (Å²) in [5.74, 6) is 0. The van der Waals surface area contributed by atoms with Gasteiger partial charge in [-0.25, -0.2) is 4.79 Å². The van der Waals surface area contributed by atoms with E-state index in [1.54, 1.807) is 12.1 Å². The van der Waals surface area contributed by atoms with E-state index in [4.69, 9.17) is 11.6 Å². The number of rotatable bonds is 3. The lowest BCUT2D eigenvalue weighted by atomic mass is 9.81. The van der Waals surface area contributed by atoms with Crippen LogP contribution >= 0.6 is 11.6 Å². The Morgan fingerprint density at radius 2 is 1.65 bits per heavy atom. The molecule has 0 spiro atoms. The highest BCUT2D eigenvalue weighted by atomic mass is 35.5. The van der Waals surface area contributed by atoms with Crippen LogP contribution in [0.15, 0.2) is 24.3 Å². The summed E-state index contributed by atoms with van der Waals surface area (Å²) < 4.78 is 0. The van der Waals surface area contributed by atoms with E-state index in [-0.39, 0.29) is 6.03 Å². The van der Waals surface area contributed by atoms with Crippen LogP contribution in [0.4, 0.5) is 10.5 Å². The van der Waals surface area contributed by atoms with Gasteiger partial charge in [-0.05, 0) is 62.8 Å². The molecule has 1 saturated carbocycles. The van der Waals surface area contributed by atoms with Gasteiger partial charge in [-0.2, -0.15) is 0 Å². The monoisotopic (exact) mass is 333 g/mol. The van der Waals surface area contributed by atoms with Crippen LogP contribution in [0.1, 0.15) is 44.9 Å². The topological polar surface area (TPSA) is 44.4 Å². The number of fused-ring (bicyclic) bond motifs is 2. The van der Waals surface area contributed by atoms with Crippen LogP contribution in [0.25, 0.3) is 0 Å². The predicted molar refractivity (Wildman–Crippen MR) is 92.9 cm³/mol. The number of halogens is 1. The highest BCUT2D eigenvalue weighted by Crippen LogP contribution is 2.41. The van der Waals surface area contributed by atoms with Gasteiger partial charge in [-0.1, -0.05) is 18.0 Å². The van der Waals surface area contributed by atoms with Crippen molar-refractivity contribution in [3.63, 3.8) is 0 Å². The second-order valence-corrected chi connectivity index (χ2v) is 7.63. The van der Waals surface area contributed by atoms with Gasteiger partial charge in [0.25, 0.3) is 0 Å². The zero-order valence-electron chi connectivity index (χ0n) is 13.3. The highest BCUT2D eigenvalue weighted by molar-refractivity contribution is 6.30. The average molecular weight is 334 g/mol. The van der Waals surface area contributed by atoms with Gasteiger partial charge in [0, 0.05) is 34.9 Å². The number of nitrogens with one attached hydrogen (secondary N) is 2. The second-order valence-electron chi connectivity index (χ2n) is 7.19. The van der Waals surface area contributed by atoms with Crippen LogP contribution in [0, 0.1) is 0 Å². The van der Waals surface area contributed by atoms with E-state index < -0.39 is 0 Å². The maximum absolute atomic E-state index is 12.2. The van der Waals surface area contributed by atoms with Gasteiger partial charge in [0.2, 0.25) is 0 Å². The van der Waals surface area contributed by atoms with Gasteiger partial charge in [0.15, 0.2) is 0 Å². The Kier molecular flexibility index (Phi) is 4.20. The Bertz CT molecular complexity index is 558. The van der Waals surface area contributed by atoms with E-state index in [0.717, 1.165) is 24.6 Å². The van der Waals surface area contributed by atoms with Crippen molar-refractivity contribution in [1.82, 2.24) is 10.2 Å². The molecule has 4 nitrogen and oxygen atoms in total. The third-order valence-electron chi connectivity index (χ3n) is 5.44. The molecule has 124 valence electrons. The summed E-state index contributed by atoms with van der Waals surface area (Å²) in [6, 6.07) is 9.62. The van der Waals surface area contributed by atoms with Crippen molar-refractivity contribution in [3.8, 4) is 0 Å². The minimum absolute atomic E-state index is 0.102. The van der Waals surface area contributed by atoms with E-state index in [0.29, 0.717) is 23.1 Å². The molecule has 2 saturated heterocycles. The minimum Gasteiger partial charge on any atom is -0.335 e. The SMILES string of the molecule is O=C(Nc1ccc(Cl)cc1)NC1C[C@H]2CCC[C@H](C1)N2C1CC1. The third kappa shape index (κ3) is 3.48. The standard InChI is InChI=1S/C18H24ClN3O/c19-12-4-6-13(7-5-12)20-18(23)21-14-10-16-2-1-3-17(11-14)22(16)15-8-9-15/h4-7,14-17H,1-3,8-11H2,(H2,20,21,23)/t16-,17-/m1/s1. The molecule has 2 amide bonds. The number of amides is 2. The van der Waals surface area contributed by atoms with Crippen LogP contribution in [0.3, 0.4) is 0 Å². The van der Waals surface area contributed by atoms with Crippen molar-refractivity contribution < 1.29 is 4.79 Å². The molecular formula is C18H24ClN3O. The van der Waals surface area contributed by atoms with E-state index in [2.05, 4.69) is 15.5 Å². The van der Waals surface area contributed by atoms with Crippen molar-refractivity contribution in [2.45, 2.75) is 69.1 Å². The number of piperidine rings is 2. The van der Waals surface area contributed by atoms with Crippen LogP contribution in [-0.4, -0.2) is 35.1 Å². The van der Waals surface area contributed by atoms with Crippen LogP contribution in [0.2, 0.25) is 5.02 Å². The number of hydrogen-bond acceptors (Lipinski definition) is 2. The molecule has 2 bridgehead atoms. The molecule has 0 radical (unpaired) electrons. The summed E-state index contributed by atoms with van der Waals surface area (Å²) in [6.45, 7) is 0. The lowest BCUT2D eigenvalue weighted by molar-refractivity contribution is 0.0198. The molecule has 1 aromatic carbocycles. The van der Waals surface area contributed by atoms with Gasteiger partial charge in [0.1, 0.15) is 0 Å². The van der Waals surface area contributed by atoms with Crippen molar-refractivity contribution in [2.24, 2.45) is 0 Å². The first-order chi connectivity index (χ1) is 11.2. The molecule has 3 fully saturated rings. The number of anilines is 1. The molecule has 2 atom stereocenters. The maximum Gasteiger partial charge on any atom is 0.319 e. The number of carbonyl (C=O) groups excluding carboxylic acids is 1. The molecule has 1 aromatic rings. The lowest BCUT2D eigenvalue weighted by Crippen LogP contribution is -2.58. The van der Waals surface area contributed by atoms with Gasteiger partial charge in [-0.15, -0.1) is 0 Å². The molecule has 2 aliphatic heterocycles. The fourth-order valence-electron chi connectivity index (χ4n) is 4.39. The van der Waals surface area contributed by atoms with Gasteiger partial charge in [0.05, 0.1) is 0 Å². The smallest absolute Gasteiger partial charge is 0.319 e. The zero-order valence-corrected chi connectivity index (χ0v) is 14.1. The summed E-state index contributed by atoms with van der Waals surface area (Å²) >= 11 is 5.87. The van der Waals surface area contributed by atoms with E-state index >= 15 is 0 Å². The number of urea groups is 1. The summed E-state index contributed by atoms with van der Waals surface area (Å²) in [5.41, 5.74) is 0.780. The summed E-state index contributed by atoms with van der Waals surface area (Å²) in [6.07, 6.45) is 8.89. The fraction of sp³-hybridized carbons (Fsp3) is 0.611. The average Bonchev–Trinajstić information content (AvgIpc) is 3.33. The van der Waals surface area contributed by atoms with Gasteiger partial charge < -0.3 is 10.6 Å². The second kappa shape index (κ2) is 6.33. The Balaban J connectivity index is 1.34. The first-order valence-electron chi connectivity index (χ1n) is 8.79.